The third kappa shape index (κ3) is 3.37. The fourth-order valence-electron chi connectivity index (χ4n) is 1.35. The van der Waals surface area contributed by atoms with Gasteiger partial charge in [-0.15, -0.1) is 0 Å². The van der Waals surface area contributed by atoms with Crippen LogP contribution in [0.1, 0.15) is 5.82 Å². The van der Waals surface area contributed by atoms with Crippen molar-refractivity contribution in [1.29, 1.82) is 0 Å². The van der Waals surface area contributed by atoms with Gasteiger partial charge in [0, 0.05) is 17.4 Å². The number of nitrogens with zero attached hydrogens (tertiary/aromatic N) is 2. The van der Waals surface area contributed by atoms with E-state index in [2.05, 4.69) is 35.8 Å². The van der Waals surface area contributed by atoms with Crippen LogP contribution in [-0.2, 0) is 16.4 Å². The molecular weight excluding hydrogens is 320 g/mol. The number of hydrogen-bond donors (Lipinski definition) is 2. The number of aromatic nitrogens is 3. The summed E-state index contributed by atoms with van der Waals surface area (Å²) >= 11 is 3.26. The standard InChI is InChI=1S/C10H11BrN4O2S/c11-8-1-3-9(4-2-8)18(16,17)14-6-5-10-12-7-13-15-10/h1-4,7,14H,5-6H2,(H,12,13,15). The van der Waals surface area contributed by atoms with Gasteiger partial charge in [0.05, 0.1) is 4.90 Å². The van der Waals surface area contributed by atoms with Crippen LogP contribution in [0.25, 0.3) is 0 Å². The molecule has 1 aromatic heterocycles. The lowest BCUT2D eigenvalue weighted by Gasteiger charge is -2.05. The van der Waals surface area contributed by atoms with Crippen molar-refractivity contribution in [2.45, 2.75) is 11.3 Å². The first-order valence-electron chi connectivity index (χ1n) is 5.17. The number of nitrogens with one attached hydrogen (secondary N) is 2. The molecule has 0 atom stereocenters. The summed E-state index contributed by atoms with van der Waals surface area (Å²) in [6.07, 6.45) is 1.86. The van der Waals surface area contributed by atoms with Crippen molar-refractivity contribution in [3.63, 3.8) is 0 Å². The summed E-state index contributed by atoms with van der Waals surface area (Å²) in [4.78, 5) is 4.15. The SMILES string of the molecule is O=S(=O)(NCCc1ncn[nH]1)c1ccc(Br)cc1. The molecule has 1 heterocycles. The first-order valence-corrected chi connectivity index (χ1v) is 7.45. The van der Waals surface area contributed by atoms with Crippen molar-refractivity contribution >= 4 is 26.0 Å². The normalized spacial score (nSPS) is 11.6. The molecule has 18 heavy (non-hydrogen) atoms. The van der Waals surface area contributed by atoms with Crippen LogP contribution in [0, 0.1) is 0 Å². The van der Waals surface area contributed by atoms with Gasteiger partial charge in [0.25, 0.3) is 0 Å². The van der Waals surface area contributed by atoms with Crippen LogP contribution in [-0.4, -0.2) is 30.1 Å². The molecule has 8 heteroatoms. The Balaban J connectivity index is 1.97. The smallest absolute Gasteiger partial charge is 0.240 e. The van der Waals surface area contributed by atoms with Gasteiger partial charge in [0.2, 0.25) is 10.0 Å². The number of halogens is 1. The molecule has 0 spiro atoms. The number of rotatable bonds is 5. The summed E-state index contributed by atoms with van der Waals surface area (Å²) in [5.41, 5.74) is 0. The molecule has 0 saturated heterocycles. The van der Waals surface area contributed by atoms with Gasteiger partial charge in [-0.05, 0) is 24.3 Å². The zero-order valence-corrected chi connectivity index (χ0v) is 11.7. The van der Waals surface area contributed by atoms with Crippen molar-refractivity contribution in [3.05, 3.63) is 40.9 Å². The fraction of sp³-hybridized carbons (Fsp3) is 0.200. The predicted octanol–water partition coefficient (Wildman–Crippen LogP) is 1.09. The van der Waals surface area contributed by atoms with E-state index in [1.165, 1.54) is 6.33 Å². The van der Waals surface area contributed by atoms with Gasteiger partial charge < -0.3 is 0 Å². The molecule has 1 aromatic carbocycles. The zero-order chi connectivity index (χ0) is 13.0. The molecule has 0 fully saturated rings. The molecule has 0 aliphatic heterocycles. The van der Waals surface area contributed by atoms with E-state index in [9.17, 15) is 8.42 Å². The molecule has 0 unspecified atom stereocenters. The minimum absolute atomic E-state index is 0.239. The zero-order valence-electron chi connectivity index (χ0n) is 9.30. The number of H-pyrrole nitrogens is 1. The maximum Gasteiger partial charge on any atom is 0.240 e. The molecular formula is C10H11BrN4O2S. The average Bonchev–Trinajstić information content (AvgIpc) is 2.82. The largest absolute Gasteiger partial charge is 0.263 e. The van der Waals surface area contributed by atoms with Gasteiger partial charge in [-0.1, -0.05) is 15.9 Å². The van der Waals surface area contributed by atoms with E-state index >= 15 is 0 Å². The van der Waals surface area contributed by atoms with E-state index in [0.717, 1.165) is 4.47 Å². The van der Waals surface area contributed by atoms with Gasteiger partial charge in [0.15, 0.2) is 0 Å². The highest BCUT2D eigenvalue weighted by atomic mass is 79.9. The Morgan fingerprint density at radius 3 is 2.61 bits per heavy atom. The highest BCUT2D eigenvalue weighted by Crippen LogP contribution is 2.14. The molecule has 2 aromatic rings. The monoisotopic (exact) mass is 330 g/mol. The highest BCUT2D eigenvalue weighted by Gasteiger charge is 2.12. The Labute approximate surface area is 113 Å². The summed E-state index contributed by atoms with van der Waals surface area (Å²) in [7, 11) is -3.46. The predicted molar refractivity (Wildman–Crippen MR) is 69.4 cm³/mol. The van der Waals surface area contributed by atoms with Crippen LogP contribution >= 0.6 is 15.9 Å². The van der Waals surface area contributed by atoms with E-state index in [1.807, 2.05) is 0 Å². The van der Waals surface area contributed by atoms with Crippen molar-refractivity contribution < 1.29 is 8.42 Å². The Hall–Kier alpha value is -1.25. The third-order valence-electron chi connectivity index (χ3n) is 2.24. The summed E-state index contributed by atoms with van der Waals surface area (Å²) in [6, 6.07) is 6.46. The Bertz CT molecular complexity index is 595. The average molecular weight is 331 g/mol. The van der Waals surface area contributed by atoms with E-state index in [4.69, 9.17) is 0 Å². The third-order valence-corrected chi connectivity index (χ3v) is 4.25. The number of benzene rings is 1. The van der Waals surface area contributed by atoms with Gasteiger partial charge in [0.1, 0.15) is 12.2 Å². The van der Waals surface area contributed by atoms with Gasteiger partial charge in [-0.2, -0.15) is 5.10 Å². The molecule has 0 saturated carbocycles. The molecule has 0 bridgehead atoms. The lowest BCUT2D eigenvalue weighted by Crippen LogP contribution is -2.26. The summed E-state index contributed by atoms with van der Waals surface area (Å²) < 4.78 is 27.1. The molecule has 6 nitrogen and oxygen atoms in total. The molecule has 0 amide bonds. The molecule has 0 radical (unpaired) electrons. The molecule has 2 rings (SSSR count). The maximum atomic E-state index is 11.9. The Kier molecular flexibility index (Phi) is 4.10. The van der Waals surface area contributed by atoms with E-state index in [0.29, 0.717) is 12.2 Å². The van der Waals surface area contributed by atoms with Crippen LogP contribution in [0.5, 0.6) is 0 Å². The van der Waals surface area contributed by atoms with E-state index < -0.39 is 10.0 Å². The summed E-state index contributed by atoms with van der Waals surface area (Å²) in [5.74, 6) is 0.647. The highest BCUT2D eigenvalue weighted by molar-refractivity contribution is 9.10. The van der Waals surface area contributed by atoms with E-state index in [-0.39, 0.29) is 11.4 Å². The molecule has 2 N–H and O–H groups in total. The first-order chi connectivity index (χ1) is 8.58. The van der Waals surface area contributed by atoms with Crippen LogP contribution in [0.4, 0.5) is 0 Å². The van der Waals surface area contributed by atoms with Crippen LogP contribution < -0.4 is 4.72 Å². The van der Waals surface area contributed by atoms with Crippen LogP contribution in [0.15, 0.2) is 40.0 Å². The second-order valence-electron chi connectivity index (χ2n) is 3.53. The Morgan fingerprint density at radius 2 is 2.00 bits per heavy atom. The summed E-state index contributed by atoms with van der Waals surface area (Å²) in [5, 5.41) is 6.36. The van der Waals surface area contributed by atoms with E-state index in [1.54, 1.807) is 24.3 Å². The van der Waals surface area contributed by atoms with Crippen molar-refractivity contribution in [1.82, 2.24) is 19.9 Å². The molecule has 0 aliphatic carbocycles. The van der Waals surface area contributed by atoms with Crippen LogP contribution in [0.2, 0.25) is 0 Å². The van der Waals surface area contributed by atoms with Crippen LogP contribution in [0.3, 0.4) is 0 Å². The number of sulfonamides is 1. The van der Waals surface area contributed by atoms with Gasteiger partial charge in [-0.3, -0.25) is 5.10 Å². The Morgan fingerprint density at radius 1 is 1.28 bits per heavy atom. The number of hydrogen-bond acceptors (Lipinski definition) is 4. The van der Waals surface area contributed by atoms with Gasteiger partial charge >= 0.3 is 0 Å². The lowest BCUT2D eigenvalue weighted by molar-refractivity contribution is 0.581. The second kappa shape index (κ2) is 5.59. The minimum Gasteiger partial charge on any atom is -0.263 e. The maximum absolute atomic E-state index is 11.9. The second-order valence-corrected chi connectivity index (χ2v) is 6.22. The van der Waals surface area contributed by atoms with Crippen molar-refractivity contribution in [2.24, 2.45) is 0 Å². The quantitative estimate of drug-likeness (QED) is 0.858. The summed E-state index contributed by atoms with van der Waals surface area (Å²) in [6.45, 7) is 0.271. The minimum atomic E-state index is -3.46. The van der Waals surface area contributed by atoms with Crippen molar-refractivity contribution in [3.8, 4) is 0 Å². The fourth-order valence-corrected chi connectivity index (χ4v) is 2.65. The topological polar surface area (TPSA) is 87.7 Å². The molecule has 0 aliphatic rings. The van der Waals surface area contributed by atoms with Crippen molar-refractivity contribution in [2.75, 3.05) is 6.54 Å². The molecule has 96 valence electrons. The number of aromatic amines is 1. The van der Waals surface area contributed by atoms with Gasteiger partial charge in [-0.25, -0.2) is 18.1 Å². The first kappa shape index (κ1) is 13.2. The lowest BCUT2D eigenvalue weighted by atomic mass is 10.4.